The van der Waals surface area contributed by atoms with Crippen LogP contribution >= 0.6 is 0 Å². The fourth-order valence-electron chi connectivity index (χ4n) is 10.9. The third-order valence-corrected chi connectivity index (χ3v) is 16.3. The Morgan fingerprint density at radius 1 is 0.427 bits per heavy atom. The van der Waals surface area contributed by atoms with Gasteiger partial charge in [0, 0.05) is 49.2 Å². The zero-order valence-electron chi connectivity index (χ0n) is 55.1. The van der Waals surface area contributed by atoms with E-state index >= 15 is 0 Å². The Morgan fingerprint density at radius 3 is 1.26 bits per heavy atom. The first-order valence-corrected chi connectivity index (χ1v) is 32.5. The van der Waals surface area contributed by atoms with E-state index < -0.39 is 145 Å². The van der Waals surface area contributed by atoms with Crippen molar-refractivity contribution in [2.45, 2.75) is 160 Å². The lowest BCUT2D eigenvalue weighted by molar-refractivity contribution is -0.144. The minimum absolute atomic E-state index is 0.0168. The molecule has 1 heterocycles. The molecule has 0 radical (unpaired) electrons. The molecule has 9 amide bonds. The molecule has 0 saturated heterocycles. The highest BCUT2D eigenvalue weighted by Gasteiger charge is 2.37. The number of carboxylic acid groups (broad SMARTS) is 2. The monoisotopic (exact) mass is 1320 g/mol. The molecule has 0 aliphatic carbocycles. The summed E-state index contributed by atoms with van der Waals surface area (Å²) in [4.78, 5) is 157. The third-order valence-electron chi connectivity index (χ3n) is 16.3. The van der Waals surface area contributed by atoms with Crippen LogP contribution in [0.4, 0.5) is 0 Å². The van der Waals surface area contributed by atoms with E-state index in [-0.39, 0.29) is 56.8 Å². The van der Waals surface area contributed by atoms with Gasteiger partial charge in [0.2, 0.25) is 53.2 Å². The first-order chi connectivity index (χ1) is 45.9. The summed E-state index contributed by atoms with van der Waals surface area (Å²) in [6.07, 6.45) is 0.895. The number of fused-ring (bicyclic) bond motifs is 1. The predicted molar refractivity (Wildman–Crippen MR) is 362 cm³/mol. The van der Waals surface area contributed by atoms with Gasteiger partial charge in [-0.2, -0.15) is 0 Å². The number of hydrogen-bond donors (Lipinski definition) is 13. The summed E-state index contributed by atoms with van der Waals surface area (Å²) >= 11 is 0. The van der Waals surface area contributed by atoms with Gasteiger partial charge in [0.15, 0.2) is 0 Å². The van der Waals surface area contributed by atoms with Crippen LogP contribution in [0, 0.1) is 17.8 Å². The number of H-pyrrole nitrogens is 1. The predicted octanol–water partition coefficient (Wildman–Crippen LogP) is 4.09. The molecule has 6 rings (SSSR count). The molecular weight excluding hydrogens is 1230 g/mol. The average Bonchev–Trinajstić information content (AvgIpc) is 1.62. The van der Waals surface area contributed by atoms with Crippen molar-refractivity contribution in [1.82, 2.24) is 52.8 Å². The first kappa shape index (κ1) is 74.8. The van der Waals surface area contributed by atoms with Crippen molar-refractivity contribution in [3.05, 3.63) is 180 Å². The van der Waals surface area contributed by atoms with Crippen LogP contribution in [0.25, 0.3) is 10.9 Å². The van der Waals surface area contributed by atoms with Crippen molar-refractivity contribution >= 4 is 76.0 Å². The number of carbonyl (C=O) groups excluding carboxylic acids is 9. The summed E-state index contributed by atoms with van der Waals surface area (Å²) in [5, 5.41) is 45.1. The van der Waals surface area contributed by atoms with E-state index in [9.17, 15) is 63.0 Å². The summed E-state index contributed by atoms with van der Waals surface area (Å²) < 4.78 is 0. The highest BCUT2D eigenvalue weighted by atomic mass is 16.4. The van der Waals surface area contributed by atoms with Crippen molar-refractivity contribution in [3.8, 4) is 0 Å². The number of aromatic nitrogens is 1. The number of aromatic amines is 1. The molecule has 0 fully saturated rings. The van der Waals surface area contributed by atoms with E-state index in [0.29, 0.717) is 28.7 Å². The standard InChI is InChI=1S/C72H91N11O13/c1-7-45(6)63(72(95)96)83-71(94)60(40-50-41-74-53-31-21-20-30-51(50)53)82-70(93)59(39-49-28-18-11-19-29-49)81-69(92)58(38-48-26-16-10-17-27-48)80-66(89)54(32-33-62(85)86)77-67(90)56(35-44(4)5)79-68(91)57(37-47-24-14-9-15-25-47)76-61(84)42-75-65(88)55(34-43(2)3)78-64(87)52(73)36-46-22-12-8-13-23-46/h8-31,41,43-45,52,54-60,63,74H,7,32-40,42,73H2,1-6H3,(H,75,88)(H,76,84)(H,77,90)(H,78,87)(H,79,91)(H,80,89)(H,81,92)(H,82,93)(H,83,94)(H,85,86)(H,95,96)/t45-,52-,54-,55-,56-,57-,58-,59-,60-,63-/m0/s1. The quantitative estimate of drug-likeness (QED) is 0.0260. The van der Waals surface area contributed by atoms with Crippen molar-refractivity contribution < 1.29 is 63.0 Å². The number of para-hydroxylation sites is 1. The van der Waals surface area contributed by atoms with Gasteiger partial charge in [0.05, 0.1) is 12.6 Å². The highest BCUT2D eigenvalue weighted by molar-refractivity contribution is 5.99. The Balaban J connectivity index is 1.22. The summed E-state index contributed by atoms with van der Waals surface area (Å²) in [6.45, 7) is 10.1. The molecule has 10 atom stereocenters. The lowest BCUT2D eigenvalue weighted by Gasteiger charge is -2.28. The smallest absolute Gasteiger partial charge is 0.326 e. The summed E-state index contributed by atoms with van der Waals surface area (Å²) in [6, 6.07) is 30.3. The molecule has 0 aliphatic rings. The van der Waals surface area contributed by atoms with Gasteiger partial charge in [-0.25, -0.2) is 4.79 Å². The summed E-state index contributed by atoms with van der Waals surface area (Å²) in [5.74, 6) is -10.7. The Bertz CT molecular complexity index is 3570. The average molecular weight is 1320 g/mol. The van der Waals surface area contributed by atoms with Crippen molar-refractivity contribution in [2.75, 3.05) is 6.54 Å². The molecule has 0 spiro atoms. The van der Waals surface area contributed by atoms with Crippen LogP contribution < -0.4 is 53.6 Å². The second-order valence-electron chi connectivity index (χ2n) is 25.0. The maximum absolute atomic E-state index is 15.0. The minimum Gasteiger partial charge on any atom is -0.481 e. The number of aliphatic carboxylic acids is 2. The lowest BCUT2D eigenvalue weighted by Crippen LogP contribution is -2.61. The van der Waals surface area contributed by atoms with Gasteiger partial charge in [-0.3, -0.25) is 47.9 Å². The number of hydrogen-bond acceptors (Lipinski definition) is 12. The number of nitrogens with two attached hydrogens (primary N) is 1. The van der Waals surface area contributed by atoms with E-state index in [4.69, 9.17) is 5.73 Å². The van der Waals surface area contributed by atoms with Crippen LogP contribution in [0.1, 0.15) is 101 Å². The van der Waals surface area contributed by atoms with Gasteiger partial charge in [-0.05, 0) is 77.3 Å². The second kappa shape index (κ2) is 37.6. The largest absolute Gasteiger partial charge is 0.481 e. The number of carbonyl (C=O) groups is 11. The Morgan fingerprint density at radius 2 is 0.802 bits per heavy atom. The number of benzene rings is 5. The van der Waals surface area contributed by atoms with Crippen LogP contribution in [0.3, 0.4) is 0 Å². The topological polar surface area (TPSA) is 378 Å². The normalized spacial score (nSPS) is 14.3. The molecule has 24 heteroatoms. The van der Waals surface area contributed by atoms with E-state index in [0.717, 1.165) is 16.5 Å². The molecule has 0 unspecified atom stereocenters. The Labute approximate surface area is 559 Å². The Hall–Kier alpha value is -10.2. The third kappa shape index (κ3) is 24.3. The summed E-state index contributed by atoms with van der Waals surface area (Å²) in [5.41, 5.74) is 10.2. The number of rotatable bonds is 38. The minimum atomic E-state index is -1.64. The summed E-state index contributed by atoms with van der Waals surface area (Å²) in [7, 11) is 0. The zero-order valence-corrected chi connectivity index (χ0v) is 55.1. The van der Waals surface area contributed by atoms with E-state index in [2.05, 4.69) is 52.8 Å². The Kier molecular flexibility index (Phi) is 29.3. The van der Waals surface area contributed by atoms with Gasteiger partial charge >= 0.3 is 11.9 Å². The molecular formula is C72H91N11O13. The second-order valence-corrected chi connectivity index (χ2v) is 25.0. The van der Waals surface area contributed by atoms with Crippen LogP contribution in [-0.4, -0.2) is 141 Å². The molecule has 5 aromatic carbocycles. The van der Waals surface area contributed by atoms with Gasteiger partial charge < -0.3 is 68.8 Å². The van der Waals surface area contributed by atoms with Crippen molar-refractivity contribution in [2.24, 2.45) is 23.5 Å². The van der Waals surface area contributed by atoms with Crippen molar-refractivity contribution in [1.29, 1.82) is 0 Å². The number of amides is 9. The number of carboxylic acids is 2. The van der Waals surface area contributed by atoms with Gasteiger partial charge in [0.25, 0.3) is 0 Å². The molecule has 0 aliphatic heterocycles. The first-order valence-electron chi connectivity index (χ1n) is 32.5. The molecule has 512 valence electrons. The molecule has 0 bridgehead atoms. The maximum Gasteiger partial charge on any atom is 0.326 e. The molecule has 14 N–H and O–H groups in total. The maximum atomic E-state index is 15.0. The molecule has 6 aromatic rings. The zero-order chi connectivity index (χ0) is 69.8. The molecule has 96 heavy (non-hydrogen) atoms. The van der Waals surface area contributed by atoms with Crippen LogP contribution in [0.5, 0.6) is 0 Å². The van der Waals surface area contributed by atoms with Crippen LogP contribution in [0.15, 0.2) is 152 Å². The van der Waals surface area contributed by atoms with Gasteiger partial charge in [-0.15, -0.1) is 0 Å². The van der Waals surface area contributed by atoms with E-state index in [1.807, 2.05) is 68.4 Å². The fraction of sp³-hybridized carbons (Fsp3) is 0.403. The molecule has 24 nitrogen and oxygen atoms in total. The highest BCUT2D eigenvalue weighted by Crippen LogP contribution is 2.21. The molecule has 1 aromatic heterocycles. The van der Waals surface area contributed by atoms with Crippen molar-refractivity contribution in [3.63, 3.8) is 0 Å². The van der Waals surface area contributed by atoms with E-state index in [1.54, 1.807) is 125 Å². The SMILES string of the molecule is CC[C@H](C)[C@H](NC(=O)[C@H](Cc1c[nH]c2ccccc12)NC(=O)[C@H](Cc1ccccc1)NC(=O)[C@H](Cc1ccccc1)NC(=O)[C@H](CCC(=O)O)NC(=O)[C@H](CC(C)C)NC(=O)[C@H](Cc1ccccc1)NC(=O)CNC(=O)[C@H](CC(C)C)NC(=O)[C@@H](N)Cc1ccccc1)C(=O)O. The lowest BCUT2D eigenvalue weighted by atomic mass is 9.97. The van der Waals surface area contributed by atoms with Crippen LogP contribution in [0.2, 0.25) is 0 Å². The number of nitrogens with one attached hydrogen (secondary N) is 10. The van der Waals surface area contributed by atoms with Crippen LogP contribution in [-0.2, 0) is 84.8 Å². The van der Waals surface area contributed by atoms with E-state index in [1.165, 1.54) is 0 Å². The fourth-order valence-corrected chi connectivity index (χ4v) is 10.9. The van der Waals surface area contributed by atoms with Gasteiger partial charge in [0.1, 0.15) is 48.3 Å². The van der Waals surface area contributed by atoms with Gasteiger partial charge in [-0.1, -0.05) is 187 Å². The molecule has 0 saturated carbocycles.